The van der Waals surface area contributed by atoms with Gasteiger partial charge in [-0.15, -0.1) is 0 Å². The summed E-state index contributed by atoms with van der Waals surface area (Å²) in [5, 5.41) is 12.6. The lowest BCUT2D eigenvalue weighted by Gasteiger charge is -2.19. The van der Waals surface area contributed by atoms with Crippen molar-refractivity contribution in [1.82, 2.24) is 5.32 Å². The predicted octanol–water partition coefficient (Wildman–Crippen LogP) is 2.76. The normalized spacial score (nSPS) is 14.1. The maximum absolute atomic E-state index is 12.2. The minimum atomic E-state index is -1.03. The molecule has 0 aliphatic carbocycles. The van der Waals surface area contributed by atoms with Gasteiger partial charge in [0.25, 0.3) is 0 Å². The van der Waals surface area contributed by atoms with Gasteiger partial charge < -0.3 is 14.8 Å². The molecular weight excluding hydrogens is 270 g/mol. The van der Waals surface area contributed by atoms with Crippen molar-refractivity contribution in [2.45, 2.75) is 32.7 Å². The Morgan fingerprint density at radius 2 is 1.86 bits per heavy atom. The fraction of sp³-hybridized carbons (Fsp3) is 0.375. The summed E-state index contributed by atoms with van der Waals surface area (Å²) in [4.78, 5) is 23.3. The Morgan fingerprint density at radius 3 is 2.43 bits per heavy atom. The first-order chi connectivity index (χ1) is 9.90. The molecule has 0 aliphatic heterocycles. The van der Waals surface area contributed by atoms with Crippen LogP contribution in [0, 0.1) is 5.92 Å². The zero-order chi connectivity index (χ0) is 15.6. The Kier molecular flexibility index (Phi) is 4.31. The second-order valence-corrected chi connectivity index (χ2v) is 5.48. The molecule has 0 aliphatic rings. The molecule has 0 unspecified atom stereocenters. The van der Waals surface area contributed by atoms with Crippen LogP contribution in [0.1, 0.15) is 32.4 Å². The van der Waals surface area contributed by atoms with Crippen molar-refractivity contribution in [1.29, 1.82) is 0 Å². The van der Waals surface area contributed by atoms with E-state index in [1.165, 1.54) is 0 Å². The first-order valence-corrected chi connectivity index (χ1v) is 6.91. The maximum atomic E-state index is 12.2. The number of carbonyl (C=O) groups is 2. The van der Waals surface area contributed by atoms with Crippen molar-refractivity contribution in [3.05, 3.63) is 36.1 Å². The van der Waals surface area contributed by atoms with Crippen molar-refractivity contribution in [2.75, 3.05) is 0 Å². The number of aliphatic carboxylic acids is 1. The number of hydrogen-bond donors (Lipinski definition) is 2. The average Bonchev–Trinajstić information content (AvgIpc) is 2.86. The number of furan rings is 1. The highest BCUT2D eigenvalue weighted by Crippen LogP contribution is 2.25. The fourth-order valence-electron chi connectivity index (χ4n) is 2.14. The molecule has 2 N–H and O–H groups in total. The molecule has 1 aromatic carbocycles. The van der Waals surface area contributed by atoms with Crippen LogP contribution >= 0.6 is 0 Å². The molecule has 5 heteroatoms. The largest absolute Gasteiger partial charge is 0.480 e. The lowest BCUT2D eigenvalue weighted by Crippen LogP contribution is -2.45. The quantitative estimate of drug-likeness (QED) is 0.887. The summed E-state index contributed by atoms with van der Waals surface area (Å²) in [6.07, 6.45) is 0. The lowest BCUT2D eigenvalue weighted by atomic mass is 10.0. The van der Waals surface area contributed by atoms with E-state index in [-0.39, 0.29) is 11.8 Å². The highest BCUT2D eigenvalue weighted by molar-refractivity contribution is 5.88. The van der Waals surface area contributed by atoms with Crippen LogP contribution in [-0.2, 0) is 9.59 Å². The van der Waals surface area contributed by atoms with Crippen LogP contribution in [0.2, 0.25) is 0 Å². The average molecular weight is 289 g/mol. The number of hydrogen-bond acceptors (Lipinski definition) is 3. The highest BCUT2D eigenvalue weighted by atomic mass is 16.4. The van der Waals surface area contributed by atoms with Gasteiger partial charge in [0.1, 0.15) is 17.4 Å². The number of rotatable bonds is 5. The summed E-state index contributed by atoms with van der Waals surface area (Å²) < 4.78 is 5.65. The van der Waals surface area contributed by atoms with E-state index in [0.29, 0.717) is 11.3 Å². The molecular formula is C16H19NO4. The van der Waals surface area contributed by atoms with E-state index in [4.69, 9.17) is 9.52 Å². The molecule has 0 fully saturated rings. The van der Waals surface area contributed by atoms with Gasteiger partial charge in [0.2, 0.25) is 5.91 Å². The molecule has 2 rings (SSSR count). The topological polar surface area (TPSA) is 79.5 Å². The molecule has 2 aromatic rings. The molecule has 0 radical (unpaired) electrons. The van der Waals surface area contributed by atoms with E-state index >= 15 is 0 Å². The monoisotopic (exact) mass is 289 g/mol. The molecule has 0 spiro atoms. The highest BCUT2D eigenvalue weighted by Gasteiger charge is 2.27. The van der Waals surface area contributed by atoms with Crippen LogP contribution in [-0.4, -0.2) is 23.0 Å². The number of carbonyl (C=O) groups excluding carboxylic acids is 1. The molecule has 2 atom stereocenters. The molecule has 5 nitrogen and oxygen atoms in total. The van der Waals surface area contributed by atoms with Gasteiger partial charge in [-0.05, 0) is 25.0 Å². The molecule has 0 bridgehead atoms. The first kappa shape index (κ1) is 15.1. The van der Waals surface area contributed by atoms with Crippen LogP contribution in [0.5, 0.6) is 0 Å². The van der Waals surface area contributed by atoms with E-state index in [0.717, 1.165) is 5.39 Å². The summed E-state index contributed by atoms with van der Waals surface area (Å²) in [5.41, 5.74) is 0.714. The van der Waals surface area contributed by atoms with E-state index in [9.17, 15) is 9.59 Å². The van der Waals surface area contributed by atoms with Gasteiger partial charge in [-0.25, -0.2) is 4.79 Å². The summed E-state index contributed by atoms with van der Waals surface area (Å²) >= 11 is 0. The number of para-hydroxylation sites is 1. The Hall–Kier alpha value is -2.30. The van der Waals surface area contributed by atoms with Crippen molar-refractivity contribution in [3.8, 4) is 0 Å². The van der Waals surface area contributed by atoms with Crippen LogP contribution in [0.3, 0.4) is 0 Å². The third kappa shape index (κ3) is 3.24. The van der Waals surface area contributed by atoms with E-state index < -0.39 is 17.9 Å². The predicted molar refractivity (Wildman–Crippen MR) is 79.0 cm³/mol. The van der Waals surface area contributed by atoms with Gasteiger partial charge in [0.05, 0.1) is 5.92 Å². The zero-order valence-electron chi connectivity index (χ0n) is 12.3. The first-order valence-electron chi connectivity index (χ1n) is 6.91. The molecule has 1 heterocycles. The number of carboxylic acid groups (broad SMARTS) is 1. The number of fused-ring (bicyclic) bond motifs is 1. The molecule has 21 heavy (non-hydrogen) atoms. The van der Waals surface area contributed by atoms with Crippen molar-refractivity contribution < 1.29 is 19.1 Å². The second-order valence-electron chi connectivity index (χ2n) is 5.48. The summed E-state index contributed by atoms with van der Waals surface area (Å²) in [6, 6.07) is 8.40. The summed E-state index contributed by atoms with van der Waals surface area (Å²) in [5.74, 6) is -1.58. The standard InChI is InChI=1S/C16H19NO4/c1-9(2)14(16(19)20)17-15(18)10(3)13-8-11-6-4-5-7-12(11)21-13/h4-10,14H,1-3H3,(H,17,18)(H,19,20)/t10-,14-/m0/s1. The number of amides is 1. The third-order valence-corrected chi connectivity index (χ3v) is 3.50. The third-order valence-electron chi connectivity index (χ3n) is 3.50. The van der Waals surface area contributed by atoms with Crippen LogP contribution in [0.25, 0.3) is 11.0 Å². The molecule has 1 aromatic heterocycles. The van der Waals surface area contributed by atoms with Gasteiger partial charge in [-0.3, -0.25) is 4.79 Å². The SMILES string of the molecule is CC(C)[C@H](NC(=O)[C@@H](C)c1cc2ccccc2o1)C(=O)O. The Morgan fingerprint density at radius 1 is 1.19 bits per heavy atom. The Balaban J connectivity index is 2.16. The zero-order valence-corrected chi connectivity index (χ0v) is 12.3. The fourth-order valence-corrected chi connectivity index (χ4v) is 2.14. The summed E-state index contributed by atoms with van der Waals surface area (Å²) in [7, 11) is 0. The molecule has 1 amide bonds. The van der Waals surface area contributed by atoms with Gasteiger partial charge in [0, 0.05) is 5.39 Å². The van der Waals surface area contributed by atoms with Crippen LogP contribution < -0.4 is 5.32 Å². The van der Waals surface area contributed by atoms with E-state index in [1.807, 2.05) is 30.3 Å². The van der Waals surface area contributed by atoms with Gasteiger partial charge in [-0.1, -0.05) is 32.0 Å². The lowest BCUT2D eigenvalue weighted by molar-refractivity contribution is -0.143. The van der Waals surface area contributed by atoms with Crippen molar-refractivity contribution in [2.24, 2.45) is 5.92 Å². The van der Waals surface area contributed by atoms with Gasteiger partial charge >= 0.3 is 5.97 Å². The minimum absolute atomic E-state index is 0.186. The molecule has 112 valence electrons. The minimum Gasteiger partial charge on any atom is -0.480 e. The van der Waals surface area contributed by atoms with Gasteiger partial charge in [0.15, 0.2) is 0 Å². The van der Waals surface area contributed by atoms with Crippen molar-refractivity contribution in [3.63, 3.8) is 0 Å². The molecule has 0 saturated heterocycles. The summed E-state index contributed by atoms with van der Waals surface area (Å²) in [6.45, 7) is 5.21. The Labute approximate surface area is 122 Å². The Bertz CT molecular complexity index is 626. The number of nitrogens with one attached hydrogen (secondary N) is 1. The smallest absolute Gasteiger partial charge is 0.326 e. The van der Waals surface area contributed by atoms with Gasteiger partial charge in [-0.2, -0.15) is 0 Å². The van der Waals surface area contributed by atoms with Crippen molar-refractivity contribution >= 4 is 22.8 Å². The molecule has 0 saturated carbocycles. The van der Waals surface area contributed by atoms with E-state index in [2.05, 4.69) is 5.32 Å². The second kappa shape index (κ2) is 5.99. The van der Waals surface area contributed by atoms with Crippen LogP contribution in [0.15, 0.2) is 34.7 Å². The number of carboxylic acids is 1. The van der Waals surface area contributed by atoms with E-state index in [1.54, 1.807) is 20.8 Å². The van der Waals surface area contributed by atoms with Crippen LogP contribution in [0.4, 0.5) is 0 Å². The number of benzene rings is 1. The maximum Gasteiger partial charge on any atom is 0.326 e.